The molecule has 0 bridgehead atoms. The second-order valence-corrected chi connectivity index (χ2v) is 16.7. The van der Waals surface area contributed by atoms with Crippen molar-refractivity contribution in [3.63, 3.8) is 0 Å². The van der Waals surface area contributed by atoms with Gasteiger partial charge in [0.15, 0.2) is 8.32 Å². The summed E-state index contributed by atoms with van der Waals surface area (Å²) >= 11 is 0. The van der Waals surface area contributed by atoms with Gasteiger partial charge < -0.3 is 4.43 Å². The monoisotopic (exact) mass is 525 g/mol. The summed E-state index contributed by atoms with van der Waals surface area (Å²) in [6.07, 6.45) is -0.174. The molecule has 39 heavy (non-hydrogen) atoms. The van der Waals surface area contributed by atoms with Gasteiger partial charge in [-0.05, 0) is 34.8 Å². The quantitative estimate of drug-likeness (QED) is 0.213. The van der Waals surface area contributed by atoms with E-state index in [0.717, 1.165) is 22.5 Å². The van der Waals surface area contributed by atoms with Gasteiger partial charge >= 0.3 is 0 Å². The number of hydrogen-bond donors (Lipinski definition) is 0. The summed E-state index contributed by atoms with van der Waals surface area (Å²) in [7, 11) is -2.13. The van der Waals surface area contributed by atoms with Crippen LogP contribution in [0.5, 0.6) is 0 Å². The Kier molecular flexibility index (Phi) is 6.37. The van der Waals surface area contributed by atoms with Crippen molar-refractivity contribution in [3.8, 4) is 44.8 Å². The molecule has 0 saturated carbocycles. The number of pyridine rings is 1. The van der Waals surface area contributed by atoms with Crippen LogP contribution in [0.4, 0.5) is 0 Å². The molecule has 6 rings (SSSR count). The molecule has 4 aromatic carbocycles. The molecule has 1 atom stereocenters. The van der Waals surface area contributed by atoms with Crippen molar-refractivity contribution in [3.05, 3.63) is 126 Å². The maximum atomic E-state index is 7.31. The standard InChI is InChI=1S/C36H35NOSi/c1-36(2,3)39(4,5)38-35-29-24-16-15-23-28(29)31-30(25-17-9-6-10-18-25)33(26-19-11-7-12-20-26)37-34(32(31)35)27-21-13-8-14-22-27/h6-24,35H,1-5H3/t35-/m0/s1. The Morgan fingerprint density at radius 3 is 1.64 bits per heavy atom. The van der Waals surface area contributed by atoms with Gasteiger partial charge in [0.1, 0.15) is 0 Å². The molecule has 5 aromatic rings. The van der Waals surface area contributed by atoms with Crippen LogP contribution in [0.15, 0.2) is 115 Å². The van der Waals surface area contributed by atoms with E-state index in [0.29, 0.717) is 0 Å². The molecule has 1 aliphatic carbocycles. The van der Waals surface area contributed by atoms with Crippen molar-refractivity contribution in [1.82, 2.24) is 4.98 Å². The lowest BCUT2D eigenvalue weighted by Gasteiger charge is -2.39. The molecule has 2 nitrogen and oxygen atoms in total. The van der Waals surface area contributed by atoms with Gasteiger partial charge in [-0.25, -0.2) is 4.98 Å². The van der Waals surface area contributed by atoms with Crippen LogP contribution in [-0.4, -0.2) is 13.3 Å². The number of nitrogens with zero attached hydrogens (tertiary/aromatic N) is 1. The van der Waals surface area contributed by atoms with E-state index in [1.165, 1.54) is 33.4 Å². The van der Waals surface area contributed by atoms with Crippen molar-refractivity contribution in [2.75, 3.05) is 0 Å². The molecular weight excluding hydrogens is 490 g/mol. The summed E-state index contributed by atoms with van der Waals surface area (Å²) in [6.45, 7) is 11.6. The van der Waals surface area contributed by atoms with Gasteiger partial charge in [0.05, 0.1) is 17.5 Å². The molecule has 0 amide bonds. The molecule has 0 fully saturated rings. The van der Waals surface area contributed by atoms with Gasteiger partial charge in [-0.1, -0.05) is 136 Å². The normalized spacial score (nSPS) is 14.6. The first-order chi connectivity index (χ1) is 18.8. The zero-order valence-corrected chi connectivity index (χ0v) is 24.4. The predicted molar refractivity (Wildman–Crippen MR) is 166 cm³/mol. The smallest absolute Gasteiger partial charge is 0.193 e. The van der Waals surface area contributed by atoms with Gasteiger partial charge in [-0.2, -0.15) is 0 Å². The second-order valence-electron chi connectivity index (χ2n) is 11.9. The third kappa shape index (κ3) is 4.46. The zero-order chi connectivity index (χ0) is 27.2. The van der Waals surface area contributed by atoms with E-state index >= 15 is 0 Å². The molecule has 0 saturated heterocycles. The second kappa shape index (κ2) is 9.75. The Morgan fingerprint density at radius 1 is 0.590 bits per heavy atom. The fraction of sp³-hybridized carbons (Fsp3) is 0.194. The first-order valence-electron chi connectivity index (χ1n) is 13.8. The minimum absolute atomic E-state index is 0.0806. The van der Waals surface area contributed by atoms with E-state index in [1.807, 2.05) is 0 Å². The average molecular weight is 526 g/mol. The summed E-state index contributed by atoms with van der Waals surface area (Å²) in [5.41, 5.74) is 11.5. The number of hydrogen-bond acceptors (Lipinski definition) is 2. The lowest BCUT2D eigenvalue weighted by molar-refractivity contribution is 0.226. The lowest BCUT2D eigenvalue weighted by Crippen LogP contribution is -2.41. The molecule has 194 valence electrons. The van der Waals surface area contributed by atoms with Crippen molar-refractivity contribution in [1.29, 1.82) is 0 Å². The van der Waals surface area contributed by atoms with Crippen molar-refractivity contribution >= 4 is 8.32 Å². The maximum absolute atomic E-state index is 7.31. The van der Waals surface area contributed by atoms with Crippen LogP contribution in [0.2, 0.25) is 18.1 Å². The van der Waals surface area contributed by atoms with Crippen molar-refractivity contribution in [2.24, 2.45) is 0 Å². The van der Waals surface area contributed by atoms with Crippen molar-refractivity contribution < 1.29 is 4.43 Å². The Hall–Kier alpha value is -3.79. The van der Waals surface area contributed by atoms with Crippen LogP contribution in [0.25, 0.3) is 44.8 Å². The molecule has 0 N–H and O–H groups in total. The summed E-state index contributed by atoms with van der Waals surface area (Å²) in [5, 5.41) is 0.0806. The molecule has 0 spiro atoms. The molecule has 1 aliphatic rings. The summed E-state index contributed by atoms with van der Waals surface area (Å²) in [5.74, 6) is 0. The molecule has 0 unspecified atom stereocenters. The van der Waals surface area contributed by atoms with E-state index in [9.17, 15) is 0 Å². The lowest BCUT2D eigenvalue weighted by atomic mass is 9.88. The average Bonchev–Trinajstić information content (AvgIpc) is 3.26. The van der Waals surface area contributed by atoms with Gasteiger partial charge in [0, 0.05) is 27.8 Å². The van der Waals surface area contributed by atoms with Crippen LogP contribution in [0.3, 0.4) is 0 Å². The fourth-order valence-corrected chi connectivity index (χ4v) is 6.53. The topological polar surface area (TPSA) is 22.1 Å². The van der Waals surface area contributed by atoms with Crippen LogP contribution in [0, 0.1) is 0 Å². The first-order valence-corrected chi connectivity index (χ1v) is 16.7. The number of rotatable bonds is 5. The van der Waals surface area contributed by atoms with Gasteiger partial charge in [-0.3, -0.25) is 0 Å². The van der Waals surface area contributed by atoms with Crippen molar-refractivity contribution in [2.45, 2.75) is 45.0 Å². The van der Waals surface area contributed by atoms with Gasteiger partial charge in [0.25, 0.3) is 0 Å². The minimum atomic E-state index is -2.13. The van der Waals surface area contributed by atoms with Crippen LogP contribution in [0.1, 0.15) is 38.0 Å². The fourth-order valence-electron chi connectivity index (χ4n) is 5.34. The molecule has 1 heterocycles. The predicted octanol–water partition coefficient (Wildman–Crippen LogP) is 10.2. The van der Waals surface area contributed by atoms with E-state index in [1.54, 1.807) is 0 Å². The Bertz CT molecular complexity index is 1620. The molecule has 1 aromatic heterocycles. The highest BCUT2D eigenvalue weighted by atomic mass is 28.4. The highest BCUT2D eigenvalue weighted by Gasteiger charge is 2.44. The SMILES string of the molecule is CC(C)(C)[Si](C)(C)O[C@H]1c2ccccc2-c2c(-c3ccccc3)c(-c3ccccc3)nc(-c3ccccc3)c21. The minimum Gasteiger partial charge on any atom is -0.406 e. The van der Waals surface area contributed by atoms with Gasteiger partial charge in [0.2, 0.25) is 0 Å². The van der Waals surface area contributed by atoms with E-state index in [4.69, 9.17) is 9.41 Å². The summed E-state index contributed by atoms with van der Waals surface area (Å²) in [6, 6.07) is 40.7. The van der Waals surface area contributed by atoms with Crippen LogP contribution < -0.4 is 0 Å². The largest absolute Gasteiger partial charge is 0.406 e. The third-order valence-corrected chi connectivity index (χ3v) is 12.8. The summed E-state index contributed by atoms with van der Waals surface area (Å²) in [4.78, 5) is 5.52. The molecule has 3 heteroatoms. The highest BCUT2D eigenvalue weighted by Crippen LogP contribution is 2.56. The van der Waals surface area contributed by atoms with Crippen LogP contribution >= 0.6 is 0 Å². The molecular formula is C36H35NOSi. The Morgan fingerprint density at radius 2 is 1.08 bits per heavy atom. The Balaban J connectivity index is 1.75. The third-order valence-electron chi connectivity index (χ3n) is 8.39. The molecule has 0 aliphatic heterocycles. The van der Waals surface area contributed by atoms with E-state index in [2.05, 4.69) is 149 Å². The summed E-state index contributed by atoms with van der Waals surface area (Å²) < 4.78 is 7.31. The van der Waals surface area contributed by atoms with E-state index < -0.39 is 8.32 Å². The Labute approximate surface area is 233 Å². The molecule has 0 radical (unpaired) electrons. The first kappa shape index (κ1) is 25.5. The number of benzene rings is 4. The van der Waals surface area contributed by atoms with Crippen LogP contribution in [-0.2, 0) is 4.43 Å². The highest BCUT2D eigenvalue weighted by molar-refractivity contribution is 6.74. The maximum Gasteiger partial charge on any atom is 0.193 e. The zero-order valence-electron chi connectivity index (χ0n) is 23.4. The number of aromatic nitrogens is 1. The number of fused-ring (bicyclic) bond motifs is 3. The van der Waals surface area contributed by atoms with E-state index in [-0.39, 0.29) is 11.1 Å². The van der Waals surface area contributed by atoms with Gasteiger partial charge in [-0.15, -0.1) is 0 Å².